The molecule has 0 fully saturated rings. The number of benzene rings is 1. The van der Waals surface area contributed by atoms with Gasteiger partial charge in [0.15, 0.2) is 0 Å². The molecule has 0 unspecified atom stereocenters. The molecule has 0 aromatic heterocycles. The van der Waals surface area contributed by atoms with Gasteiger partial charge in [0.05, 0.1) is 24.5 Å². The molecule has 2 amide bonds. The number of amides is 2. The molecule has 120 valence electrons. The van der Waals surface area contributed by atoms with Gasteiger partial charge in [0, 0.05) is 25.6 Å². The summed E-state index contributed by atoms with van der Waals surface area (Å²) in [7, 11) is 1.83. The van der Waals surface area contributed by atoms with Gasteiger partial charge in [-0.05, 0) is 18.2 Å². The van der Waals surface area contributed by atoms with E-state index in [1.165, 1.54) is 12.1 Å². The van der Waals surface area contributed by atoms with Crippen LogP contribution in [0, 0.1) is 0 Å². The van der Waals surface area contributed by atoms with Crippen molar-refractivity contribution in [2.24, 2.45) is 5.73 Å². The van der Waals surface area contributed by atoms with E-state index in [1.807, 2.05) is 11.9 Å². The van der Waals surface area contributed by atoms with Crippen LogP contribution in [0.25, 0.3) is 0 Å². The second-order valence-electron chi connectivity index (χ2n) is 5.19. The lowest BCUT2D eigenvalue weighted by Crippen LogP contribution is -2.41. The molecule has 0 aliphatic carbocycles. The maximum absolute atomic E-state index is 13.1. The Morgan fingerprint density at radius 1 is 1.50 bits per heavy atom. The fourth-order valence-electron chi connectivity index (χ4n) is 2.10. The number of nitrogens with one attached hydrogen (secondary N) is 2. The van der Waals surface area contributed by atoms with Crippen molar-refractivity contribution >= 4 is 23.2 Å². The van der Waals surface area contributed by atoms with Gasteiger partial charge in [-0.15, -0.1) is 0 Å². The Kier molecular flexibility index (Phi) is 4.60. The third-order valence-electron chi connectivity index (χ3n) is 3.42. The third-order valence-corrected chi connectivity index (χ3v) is 3.42. The molecule has 4 N–H and O–H groups in total. The molecule has 0 saturated heterocycles. The number of fused-ring (bicyclic) bond motifs is 1. The average molecular weight is 312 g/mol. The minimum atomic E-state index is -3.14. The van der Waals surface area contributed by atoms with Gasteiger partial charge in [-0.2, -0.15) is 0 Å². The smallest absolute Gasteiger partial charge is 0.277 e. The van der Waals surface area contributed by atoms with Crippen molar-refractivity contribution in [3.63, 3.8) is 0 Å². The molecule has 1 aliphatic rings. The number of hydrogen-bond donors (Lipinski definition) is 3. The summed E-state index contributed by atoms with van der Waals surface area (Å²) < 4.78 is 26.1. The molecular weight excluding hydrogens is 294 g/mol. The van der Waals surface area contributed by atoms with Crippen LogP contribution in [0.3, 0.4) is 0 Å². The maximum Gasteiger partial charge on any atom is 0.277 e. The molecule has 0 spiro atoms. The predicted molar refractivity (Wildman–Crippen MR) is 79.3 cm³/mol. The number of halogens is 2. The lowest BCUT2D eigenvalue weighted by atomic mass is 10.1. The second kappa shape index (κ2) is 6.27. The number of anilines is 2. The van der Waals surface area contributed by atoms with Crippen molar-refractivity contribution in [3.8, 4) is 0 Å². The van der Waals surface area contributed by atoms with Crippen LogP contribution in [-0.2, 0) is 4.79 Å². The van der Waals surface area contributed by atoms with Crippen LogP contribution in [0.15, 0.2) is 18.2 Å². The van der Waals surface area contributed by atoms with Crippen molar-refractivity contribution in [1.82, 2.24) is 5.32 Å². The Labute approximate surface area is 126 Å². The molecular formula is C14H18F2N4O2. The molecule has 1 aliphatic heterocycles. The zero-order valence-electron chi connectivity index (χ0n) is 12.2. The first-order valence-electron chi connectivity index (χ1n) is 6.83. The summed E-state index contributed by atoms with van der Waals surface area (Å²) in [6.45, 7) is -1.10. The number of rotatable bonds is 4. The standard InChI is InChI=1S/C14H18F2N4O2/c1-20-5-4-12(21)19-10-6-9(2-3-11(10)20)13(22)18-8-14(15,16)7-17/h2-3,6H,4-5,7-8,17H2,1H3,(H,18,22)(H,19,21). The average Bonchev–Trinajstić information content (AvgIpc) is 2.63. The number of nitrogens with two attached hydrogens (primary N) is 1. The van der Waals surface area contributed by atoms with Crippen molar-refractivity contribution < 1.29 is 18.4 Å². The van der Waals surface area contributed by atoms with Gasteiger partial charge in [0.25, 0.3) is 11.8 Å². The van der Waals surface area contributed by atoms with E-state index < -0.39 is 24.9 Å². The van der Waals surface area contributed by atoms with E-state index >= 15 is 0 Å². The molecule has 2 rings (SSSR count). The summed E-state index contributed by atoms with van der Waals surface area (Å²) in [5.41, 5.74) is 6.37. The lowest BCUT2D eigenvalue weighted by Gasteiger charge is -2.19. The van der Waals surface area contributed by atoms with Crippen molar-refractivity contribution in [3.05, 3.63) is 23.8 Å². The van der Waals surface area contributed by atoms with Crippen molar-refractivity contribution in [2.45, 2.75) is 12.3 Å². The normalized spacial score (nSPS) is 14.9. The molecule has 6 nitrogen and oxygen atoms in total. The largest absolute Gasteiger partial charge is 0.372 e. The van der Waals surface area contributed by atoms with Crippen LogP contribution in [0.2, 0.25) is 0 Å². The van der Waals surface area contributed by atoms with Crippen molar-refractivity contribution in [2.75, 3.05) is 36.9 Å². The molecule has 8 heteroatoms. The SMILES string of the molecule is CN1CCC(=O)Nc2cc(C(=O)NCC(F)(F)CN)ccc21. The van der Waals surface area contributed by atoms with Gasteiger partial charge >= 0.3 is 0 Å². The summed E-state index contributed by atoms with van der Waals surface area (Å²) in [5.74, 6) is -3.94. The van der Waals surface area contributed by atoms with Gasteiger partial charge in [-0.1, -0.05) is 0 Å². The number of hydrogen-bond acceptors (Lipinski definition) is 4. The maximum atomic E-state index is 13.1. The molecule has 0 atom stereocenters. The summed E-state index contributed by atoms with van der Waals surface area (Å²) in [4.78, 5) is 25.4. The molecule has 0 bridgehead atoms. The first-order chi connectivity index (χ1) is 10.3. The van der Waals surface area contributed by atoms with E-state index in [0.29, 0.717) is 18.7 Å². The van der Waals surface area contributed by atoms with Crippen LogP contribution < -0.4 is 21.3 Å². The summed E-state index contributed by atoms with van der Waals surface area (Å²) >= 11 is 0. The highest BCUT2D eigenvalue weighted by molar-refractivity contribution is 6.00. The Balaban J connectivity index is 2.16. The van der Waals surface area contributed by atoms with Gasteiger partial charge in [0.2, 0.25) is 5.91 Å². The number of alkyl halides is 2. The second-order valence-corrected chi connectivity index (χ2v) is 5.19. The minimum Gasteiger partial charge on any atom is -0.372 e. The van der Waals surface area contributed by atoms with E-state index in [4.69, 9.17) is 5.73 Å². The zero-order chi connectivity index (χ0) is 16.3. The fraction of sp³-hybridized carbons (Fsp3) is 0.429. The Bertz CT molecular complexity index is 592. The fourth-order valence-corrected chi connectivity index (χ4v) is 2.10. The van der Waals surface area contributed by atoms with Gasteiger partial charge in [-0.3, -0.25) is 9.59 Å². The summed E-state index contributed by atoms with van der Waals surface area (Å²) in [6.07, 6.45) is 0.343. The molecule has 1 aromatic rings. The lowest BCUT2D eigenvalue weighted by molar-refractivity contribution is -0.115. The summed E-state index contributed by atoms with van der Waals surface area (Å²) in [5, 5.41) is 4.84. The highest BCUT2D eigenvalue weighted by atomic mass is 19.3. The van der Waals surface area contributed by atoms with E-state index in [2.05, 4.69) is 10.6 Å². The Morgan fingerprint density at radius 3 is 2.91 bits per heavy atom. The Morgan fingerprint density at radius 2 is 2.23 bits per heavy atom. The van der Waals surface area contributed by atoms with Crippen LogP contribution >= 0.6 is 0 Å². The van der Waals surface area contributed by atoms with Gasteiger partial charge in [0.1, 0.15) is 0 Å². The van der Waals surface area contributed by atoms with E-state index in [9.17, 15) is 18.4 Å². The molecule has 1 heterocycles. The zero-order valence-corrected chi connectivity index (χ0v) is 12.2. The van der Waals surface area contributed by atoms with Crippen molar-refractivity contribution in [1.29, 1.82) is 0 Å². The molecule has 22 heavy (non-hydrogen) atoms. The first kappa shape index (κ1) is 16.2. The number of carbonyl (C=O) groups excluding carboxylic acids is 2. The van der Waals surface area contributed by atoms with Crippen LogP contribution in [0.1, 0.15) is 16.8 Å². The van der Waals surface area contributed by atoms with Crippen LogP contribution in [-0.4, -0.2) is 44.4 Å². The minimum absolute atomic E-state index is 0.155. The van der Waals surface area contributed by atoms with Crippen LogP contribution in [0.4, 0.5) is 20.2 Å². The Hall–Kier alpha value is -2.22. The van der Waals surface area contributed by atoms with E-state index in [0.717, 1.165) is 5.69 Å². The highest BCUT2D eigenvalue weighted by Crippen LogP contribution is 2.28. The predicted octanol–water partition coefficient (Wildman–Crippen LogP) is 0.789. The number of nitrogens with zero attached hydrogens (tertiary/aromatic N) is 1. The molecule has 0 radical (unpaired) electrons. The molecule has 0 saturated carbocycles. The van der Waals surface area contributed by atoms with Gasteiger partial charge < -0.3 is 21.3 Å². The monoisotopic (exact) mass is 312 g/mol. The first-order valence-corrected chi connectivity index (χ1v) is 6.83. The highest BCUT2D eigenvalue weighted by Gasteiger charge is 2.27. The number of carbonyl (C=O) groups is 2. The van der Waals surface area contributed by atoms with Crippen LogP contribution in [0.5, 0.6) is 0 Å². The third kappa shape index (κ3) is 3.70. The van der Waals surface area contributed by atoms with E-state index in [1.54, 1.807) is 6.07 Å². The summed E-state index contributed by atoms with van der Waals surface area (Å²) in [6, 6.07) is 4.69. The molecule has 1 aromatic carbocycles. The topological polar surface area (TPSA) is 87.5 Å². The van der Waals surface area contributed by atoms with E-state index in [-0.39, 0.29) is 11.5 Å². The quantitative estimate of drug-likeness (QED) is 0.767. The van der Waals surface area contributed by atoms with Gasteiger partial charge in [-0.25, -0.2) is 8.78 Å².